The Balaban J connectivity index is 2.35. The largest absolute Gasteiger partial charge is 0.384 e. The highest BCUT2D eigenvalue weighted by molar-refractivity contribution is 5.29. The van der Waals surface area contributed by atoms with Crippen molar-refractivity contribution >= 4 is 0 Å². The van der Waals surface area contributed by atoms with Gasteiger partial charge in [-0.1, -0.05) is 6.07 Å². The summed E-state index contributed by atoms with van der Waals surface area (Å²) in [6, 6.07) is 5.64. The summed E-state index contributed by atoms with van der Waals surface area (Å²) in [5.74, 6) is 0. The number of rotatable bonds is 2. The van der Waals surface area contributed by atoms with Gasteiger partial charge in [-0.05, 0) is 37.1 Å². The number of pyridine rings is 2. The van der Waals surface area contributed by atoms with Crippen LogP contribution in [0.5, 0.6) is 0 Å². The van der Waals surface area contributed by atoms with Crippen LogP contribution in [0.2, 0.25) is 0 Å². The second-order valence-corrected chi connectivity index (χ2v) is 3.93. The maximum atomic E-state index is 10.2. The molecule has 2 aromatic heterocycles. The second-order valence-electron chi connectivity index (χ2n) is 3.93. The second kappa shape index (κ2) is 4.41. The quantitative estimate of drug-likeness (QED) is 0.833. The van der Waals surface area contributed by atoms with Gasteiger partial charge in [-0.15, -0.1) is 0 Å². The van der Waals surface area contributed by atoms with Crippen LogP contribution in [0.15, 0.2) is 36.8 Å². The van der Waals surface area contributed by atoms with Crippen molar-refractivity contribution in [2.24, 2.45) is 0 Å². The van der Waals surface area contributed by atoms with Crippen LogP contribution in [0.3, 0.4) is 0 Å². The summed E-state index contributed by atoms with van der Waals surface area (Å²) in [4.78, 5) is 8.18. The minimum atomic E-state index is -0.630. The number of hydrogen-bond donors (Lipinski definition) is 1. The molecule has 0 aliphatic carbocycles. The van der Waals surface area contributed by atoms with Gasteiger partial charge in [0, 0.05) is 29.8 Å². The van der Waals surface area contributed by atoms with Crippen molar-refractivity contribution in [2.75, 3.05) is 0 Å². The summed E-state index contributed by atoms with van der Waals surface area (Å²) in [6.45, 7) is 3.87. The molecule has 1 atom stereocenters. The lowest BCUT2D eigenvalue weighted by Gasteiger charge is -2.11. The zero-order valence-corrected chi connectivity index (χ0v) is 9.38. The Kier molecular flexibility index (Phi) is 2.97. The van der Waals surface area contributed by atoms with Crippen LogP contribution in [0.4, 0.5) is 0 Å². The Morgan fingerprint density at radius 2 is 1.94 bits per heavy atom. The van der Waals surface area contributed by atoms with Crippen molar-refractivity contribution in [1.29, 1.82) is 0 Å². The minimum Gasteiger partial charge on any atom is -0.384 e. The molecule has 0 aliphatic rings. The molecule has 1 N–H and O–H groups in total. The molecular formula is C13H14N2O. The highest BCUT2D eigenvalue weighted by atomic mass is 16.3. The van der Waals surface area contributed by atoms with Crippen LogP contribution < -0.4 is 0 Å². The molecule has 0 spiro atoms. The minimum absolute atomic E-state index is 0.630. The van der Waals surface area contributed by atoms with Crippen molar-refractivity contribution in [3.05, 3.63) is 59.2 Å². The standard InChI is InChI=1S/C13H14N2O/c1-9-5-12(8-14-7-9)13(16)11-3-4-15-10(2)6-11/h3-8,13,16H,1-2H3. The van der Waals surface area contributed by atoms with E-state index in [0.29, 0.717) is 0 Å². The van der Waals surface area contributed by atoms with Gasteiger partial charge < -0.3 is 5.11 Å². The van der Waals surface area contributed by atoms with Gasteiger partial charge in [0.25, 0.3) is 0 Å². The van der Waals surface area contributed by atoms with E-state index in [4.69, 9.17) is 0 Å². The monoisotopic (exact) mass is 214 g/mol. The summed E-state index contributed by atoms with van der Waals surface area (Å²) < 4.78 is 0. The molecule has 3 heteroatoms. The third kappa shape index (κ3) is 2.25. The first-order valence-electron chi connectivity index (χ1n) is 5.19. The Morgan fingerprint density at radius 3 is 2.62 bits per heavy atom. The molecule has 2 aromatic rings. The van der Waals surface area contributed by atoms with Gasteiger partial charge in [0.2, 0.25) is 0 Å². The fourth-order valence-corrected chi connectivity index (χ4v) is 1.66. The predicted molar refractivity (Wildman–Crippen MR) is 62.0 cm³/mol. The van der Waals surface area contributed by atoms with Crippen molar-refractivity contribution < 1.29 is 5.11 Å². The van der Waals surface area contributed by atoms with Gasteiger partial charge in [0.15, 0.2) is 0 Å². The lowest BCUT2D eigenvalue weighted by atomic mass is 10.0. The van der Waals surface area contributed by atoms with Gasteiger partial charge in [0.1, 0.15) is 6.10 Å². The van der Waals surface area contributed by atoms with Crippen LogP contribution in [-0.2, 0) is 0 Å². The summed E-state index contributed by atoms with van der Waals surface area (Å²) in [5.41, 5.74) is 3.60. The first-order chi connectivity index (χ1) is 7.66. The molecule has 0 aliphatic heterocycles. The molecule has 0 amide bonds. The van der Waals surface area contributed by atoms with E-state index in [9.17, 15) is 5.11 Å². The number of aromatic nitrogens is 2. The third-order valence-corrected chi connectivity index (χ3v) is 2.45. The predicted octanol–water partition coefficient (Wildman–Crippen LogP) is 2.18. The van der Waals surface area contributed by atoms with Crippen LogP contribution in [0, 0.1) is 13.8 Å². The fraction of sp³-hybridized carbons (Fsp3) is 0.231. The highest BCUT2D eigenvalue weighted by Crippen LogP contribution is 2.21. The lowest BCUT2D eigenvalue weighted by molar-refractivity contribution is 0.219. The van der Waals surface area contributed by atoms with Crippen molar-refractivity contribution in [2.45, 2.75) is 20.0 Å². The molecule has 16 heavy (non-hydrogen) atoms. The molecule has 0 aromatic carbocycles. The molecule has 2 heterocycles. The number of hydrogen-bond acceptors (Lipinski definition) is 3. The molecule has 0 saturated heterocycles. The normalized spacial score (nSPS) is 12.4. The maximum Gasteiger partial charge on any atom is 0.106 e. The number of nitrogens with zero attached hydrogens (tertiary/aromatic N) is 2. The van der Waals surface area contributed by atoms with E-state index in [1.54, 1.807) is 18.6 Å². The van der Waals surface area contributed by atoms with Gasteiger partial charge in [-0.3, -0.25) is 9.97 Å². The van der Waals surface area contributed by atoms with Gasteiger partial charge >= 0.3 is 0 Å². The van der Waals surface area contributed by atoms with Crippen LogP contribution in [0.25, 0.3) is 0 Å². The smallest absolute Gasteiger partial charge is 0.106 e. The van der Waals surface area contributed by atoms with Crippen molar-refractivity contribution in [1.82, 2.24) is 9.97 Å². The summed E-state index contributed by atoms with van der Waals surface area (Å²) in [7, 11) is 0. The maximum absolute atomic E-state index is 10.2. The molecule has 0 bridgehead atoms. The van der Waals surface area contributed by atoms with E-state index in [1.165, 1.54) is 0 Å². The number of aliphatic hydroxyl groups excluding tert-OH is 1. The van der Waals surface area contributed by atoms with Gasteiger partial charge in [0.05, 0.1) is 0 Å². The highest BCUT2D eigenvalue weighted by Gasteiger charge is 2.10. The molecule has 0 radical (unpaired) electrons. The van der Waals surface area contributed by atoms with Crippen molar-refractivity contribution in [3.8, 4) is 0 Å². The Morgan fingerprint density at radius 1 is 1.12 bits per heavy atom. The summed E-state index contributed by atoms with van der Waals surface area (Å²) in [5, 5.41) is 10.2. The SMILES string of the molecule is Cc1cncc(C(O)c2ccnc(C)c2)c1. The molecule has 3 nitrogen and oxygen atoms in total. The Bertz CT molecular complexity index is 451. The van der Waals surface area contributed by atoms with E-state index in [-0.39, 0.29) is 0 Å². The number of aliphatic hydroxyl groups is 1. The third-order valence-electron chi connectivity index (χ3n) is 2.45. The van der Waals surface area contributed by atoms with Crippen LogP contribution in [0.1, 0.15) is 28.5 Å². The lowest BCUT2D eigenvalue weighted by Crippen LogP contribution is -2.01. The first-order valence-corrected chi connectivity index (χ1v) is 5.19. The Labute approximate surface area is 94.8 Å². The fourth-order valence-electron chi connectivity index (χ4n) is 1.66. The molecule has 1 unspecified atom stereocenters. The van der Waals surface area contributed by atoms with Gasteiger partial charge in [-0.25, -0.2) is 0 Å². The zero-order valence-electron chi connectivity index (χ0n) is 9.38. The first kappa shape index (κ1) is 10.8. The molecule has 2 rings (SSSR count). The summed E-state index contributed by atoms with van der Waals surface area (Å²) in [6.07, 6.45) is 4.53. The molecule has 0 saturated carbocycles. The van der Waals surface area contributed by atoms with E-state index >= 15 is 0 Å². The van der Waals surface area contributed by atoms with Crippen molar-refractivity contribution in [3.63, 3.8) is 0 Å². The van der Waals surface area contributed by atoms with E-state index < -0.39 is 6.10 Å². The van der Waals surface area contributed by atoms with E-state index in [2.05, 4.69) is 9.97 Å². The summed E-state index contributed by atoms with van der Waals surface area (Å²) >= 11 is 0. The average Bonchev–Trinajstić information content (AvgIpc) is 2.28. The zero-order chi connectivity index (χ0) is 11.5. The number of aryl methyl sites for hydroxylation is 2. The molecule has 0 fully saturated rings. The Hall–Kier alpha value is -1.74. The van der Waals surface area contributed by atoms with E-state index in [1.807, 2.05) is 32.0 Å². The van der Waals surface area contributed by atoms with E-state index in [0.717, 1.165) is 22.4 Å². The molecular weight excluding hydrogens is 200 g/mol. The average molecular weight is 214 g/mol. The van der Waals surface area contributed by atoms with Crippen LogP contribution >= 0.6 is 0 Å². The van der Waals surface area contributed by atoms with Gasteiger partial charge in [-0.2, -0.15) is 0 Å². The van der Waals surface area contributed by atoms with Crippen LogP contribution in [-0.4, -0.2) is 15.1 Å². The topological polar surface area (TPSA) is 46.0 Å². The molecule has 82 valence electrons.